The summed E-state index contributed by atoms with van der Waals surface area (Å²) in [6, 6.07) is 18.1. The summed E-state index contributed by atoms with van der Waals surface area (Å²) in [4.78, 5) is 2.45. The third kappa shape index (κ3) is 3.68. The SMILES string of the molecule is COc1ccc(CN2CCCn3cccc3C2c2cccc(Cl)c2)cc1O. The molecular formula is C22H23ClN2O2. The number of nitrogens with zero attached hydrogens (tertiary/aromatic N) is 2. The number of ether oxygens (including phenoxy) is 1. The van der Waals surface area contributed by atoms with Crippen molar-refractivity contribution in [2.75, 3.05) is 13.7 Å². The highest BCUT2D eigenvalue weighted by Crippen LogP contribution is 2.35. The molecule has 0 amide bonds. The molecule has 1 aromatic heterocycles. The molecule has 0 saturated carbocycles. The van der Waals surface area contributed by atoms with Gasteiger partial charge in [0.2, 0.25) is 0 Å². The number of phenolic OH excluding ortho intramolecular Hbond substituents is 1. The van der Waals surface area contributed by atoms with Crippen molar-refractivity contribution in [3.63, 3.8) is 0 Å². The molecule has 1 aliphatic heterocycles. The first kappa shape index (κ1) is 18.0. The summed E-state index contributed by atoms with van der Waals surface area (Å²) in [5.74, 6) is 0.669. The normalized spacial score (nSPS) is 17.3. The van der Waals surface area contributed by atoms with Crippen molar-refractivity contribution in [2.24, 2.45) is 0 Å². The summed E-state index contributed by atoms with van der Waals surface area (Å²) < 4.78 is 7.50. The number of benzene rings is 2. The maximum atomic E-state index is 10.2. The van der Waals surface area contributed by atoms with Gasteiger partial charge in [0.1, 0.15) is 0 Å². The Kier molecular flexibility index (Phi) is 5.10. The number of methoxy groups -OCH3 is 1. The molecular weight excluding hydrogens is 360 g/mol. The second-order valence-corrected chi connectivity index (χ2v) is 7.35. The molecule has 4 rings (SSSR count). The topological polar surface area (TPSA) is 37.6 Å². The van der Waals surface area contributed by atoms with Crippen LogP contribution in [0, 0.1) is 0 Å². The van der Waals surface area contributed by atoms with Gasteiger partial charge < -0.3 is 14.4 Å². The van der Waals surface area contributed by atoms with Gasteiger partial charge in [-0.25, -0.2) is 0 Å². The smallest absolute Gasteiger partial charge is 0.160 e. The zero-order chi connectivity index (χ0) is 18.8. The Morgan fingerprint density at radius 2 is 2.00 bits per heavy atom. The summed E-state index contributed by atoms with van der Waals surface area (Å²) in [5.41, 5.74) is 3.51. The summed E-state index contributed by atoms with van der Waals surface area (Å²) in [5, 5.41) is 10.9. The van der Waals surface area contributed by atoms with Crippen molar-refractivity contribution >= 4 is 11.6 Å². The molecule has 0 aliphatic carbocycles. The van der Waals surface area contributed by atoms with Gasteiger partial charge in [0, 0.05) is 36.5 Å². The maximum absolute atomic E-state index is 10.2. The van der Waals surface area contributed by atoms with Crippen LogP contribution in [0.5, 0.6) is 11.5 Å². The van der Waals surface area contributed by atoms with E-state index in [-0.39, 0.29) is 11.8 Å². The molecule has 3 aromatic rings. The van der Waals surface area contributed by atoms with E-state index in [1.807, 2.05) is 30.3 Å². The van der Waals surface area contributed by atoms with Crippen LogP contribution in [-0.4, -0.2) is 28.2 Å². The Hall–Kier alpha value is -2.43. The number of aryl methyl sites for hydroxylation is 1. The molecule has 0 spiro atoms. The van der Waals surface area contributed by atoms with Gasteiger partial charge in [0.05, 0.1) is 13.2 Å². The molecule has 4 nitrogen and oxygen atoms in total. The first-order chi connectivity index (χ1) is 13.2. The Morgan fingerprint density at radius 1 is 1.11 bits per heavy atom. The zero-order valence-corrected chi connectivity index (χ0v) is 16.1. The highest BCUT2D eigenvalue weighted by Gasteiger charge is 2.27. The van der Waals surface area contributed by atoms with Crippen molar-refractivity contribution in [3.8, 4) is 11.5 Å². The number of aromatic hydroxyl groups is 1. The molecule has 1 atom stereocenters. The number of aromatic nitrogens is 1. The van der Waals surface area contributed by atoms with Gasteiger partial charge in [-0.1, -0.05) is 29.8 Å². The number of rotatable bonds is 4. The minimum Gasteiger partial charge on any atom is -0.504 e. The van der Waals surface area contributed by atoms with E-state index in [9.17, 15) is 5.11 Å². The average Bonchev–Trinajstić information content (AvgIpc) is 3.03. The Balaban J connectivity index is 1.72. The molecule has 0 bridgehead atoms. The second kappa shape index (κ2) is 7.67. The van der Waals surface area contributed by atoms with E-state index >= 15 is 0 Å². The number of hydrogen-bond donors (Lipinski definition) is 1. The van der Waals surface area contributed by atoms with Crippen molar-refractivity contribution in [1.82, 2.24) is 9.47 Å². The summed E-state index contributed by atoms with van der Waals surface area (Å²) in [6.45, 7) is 2.70. The van der Waals surface area contributed by atoms with Crippen LogP contribution in [0.25, 0.3) is 0 Å². The van der Waals surface area contributed by atoms with E-state index in [1.165, 1.54) is 11.3 Å². The molecule has 0 radical (unpaired) electrons. The van der Waals surface area contributed by atoms with E-state index in [4.69, 9.17) is 16.3 Å². The highest BCUT2D eigenvalue weighted by molar-refractivity contribution is 6.30. The lowest BCUT2D eigenvalue weighted by molar-refractivity contribution is 0.220. The molecule has 27 heavy (non-hydrogen) atoms. The van der Waals surface area contributed by atoms with Gasteiger partial charge in [-0.15, -0.1) is 0 Å². The summed E-state index contributed by atoms with van der Waals surface area (Å²) >= 11 is 6.30. The van der Waals surface area contributed by atoms with Gasteiger partial charge in [-0.3, -0.25) is 4.90 Å². The van der Waals surface area contributed by atoms with Crippen LogP contribution in [-0.2, 0) is 13.1 Å². The minimum absolute atomic E-state index is 0.116. The van der Waals surface area contributed by atoms with Gasteiger partial charge in [0.25, 0.3) is 0 Å². The number of hydrogen-bond acceptors (Lipinski definition) is 3. The number of halogens is 1. The second-order valence-electron chi connectivity index (χ2n) is 6.91. The van der Waals surface area contributed by atoms with E-state index in [1.54, 1.807) is 13.2 Å². The van der Waals surface area contributed by atoms with Crippen molar-refractivity contribution in [2.45, 2.75) is 25.6 Å². The fourth-order valence-corrected chi connectivity index (χ4v) is 4.14. The van der Waals surface area contributed by atoms with Crippen molar-refractivity contribution < 1.29 is 9.84 Å². The first-order valence-electron chi connectivity index (χ1n) is 9.16. The quantitative estimate of drug-likeness (QED) is 0.700. The van der Waals surface area contributed by atoms with Gasteiger partial charge in [-0.05, 0) is 53.9 Å². The molecule has 5 heteroatoms. The van der Waals surface area contributed by atoms with E-state index in [2.05, 4.69) is 33.9 Å². The average molecular weight is 383 g/mol. The maximum Gasteiger partial charge on any atom is 0.160 e. The van der Waals surface area contributed by atoms with Crippen LogP contribution in [0.2, 0.25) is 5.02 Å². The largest absolute Gasteiger partial charge is 0.504 e. The number of fused-ring (bicyclic) bond motifs is 1. The monoisotopic (exact) mass is 382 g/mol. The highest BCUT2D eigenvalue weighted by atomic mass is 35.5. The Labute approximate surface area is 164 Å². The first-order valence-corrected chi connectivity index (χ1v) is 9.54. The van der Waals surface area contributed by atoms with Gasteiger partial charge in [-0.2, -0.15) is 0 Å². The molecule has 1 unspecified atom stereocenters. The molecule has 140 valence electrons. The minimum atomic E-state index is 0.116. The fraction of sp³-hybridized carbons (Fsp3) is 0.273. The fourth-order valence-electron chi connectivity index (χ4n) is 3.94. The standard InChI is InChI=1S/C22H23ClN2O2/c1-27-21-9-8-16(13-20(21)26)15-25-12-4-11-24-10-3-7-19(24)22(25)17-5-2-6-18(23)14-17/h2-3,5-10,13-14,22,26H,4,11-12,15H2,1H3. The molecule has 0 saturated heterocycles. The van der Waals surface area contributed by atoms with E-state index in [0.717, 1.165) is 36.6 Å². The third-order valence-corrected chi connectivity index (χ3v) is 5.38. The van der Waals surface area contributed by atoms with Crippen LogP contribution in [0.15, 0.2) is 60.8 Å². The van der Waals surface area contributed by atoms with Gasteiger partial charge in [0.15, 0.2) is 11.5 Å². The molecule has 2 heterocycles. The predicted octanol–water partition coefficient (Wildman–Crippen LogP) is 4.85. The van der Waals surface area contributed by atoms with Crippen LogP contribution in [0.4, 0.5) is 0 Å². The number of phenols is 1. The zero-order valence-electron chi connectivity index (χ0n) is 15.3. The van der Waals surface area contributed by atoms with E-state index in [0.29, 0.717) is 5.75 Å². The van der Waals surface area contributed by atoms with Crippen LogP contribution >= 0.6 is 11.6 Å². The van der Waals surface area contributed by atoms with Crippen molar-refractivity contribution in [1.29, 1.82) is 0 Å². The summed E-state index contributed by atoms with van der Waals surface area (Å²) in [7, 11) is 1.56. The third-order valence-electron chi connectivity index (χ3n) is 5.15. The Bertz CT molecular complexity index is 938. The summed E-state index contributed by atoms with van der Waals surface area (Å²) in [6.07, 6.45) is 3.22. The molecule has 1 N–H and O–H groups in total. The van der Waals surface area contributed by atoms with E-state index < -0.39 is 0 Å². The Morgan fingerprint density at radius 3 is 2.78 bits per heavy atom. The lowest BCUT2D eigenvalue weighted by atomic mass is 10.0. The molecule has 0 fully saturated rings. The van der Waals surface area contributed by atoms with Crippen LogP contribution < -0.4 is 4.74 Å². The predicted molar refractivity (Wildman–Crippen MR) is 107 cm³/mol. The molecule has 2 aromatic carbocycles. The van der Waals surface area contributed by atoms with Crippen LogP contribution in [0.1, 0.15) is 29.3 Å². The lowest BCUT2D eigenvalue weighted by Gasteiger charge is -2.31. The lowest BCUT2D eigenvalue weighted by Crippen LogP contribution is -2.29. The van der Waals surface area contributed by atoms with Crippen molar-refractivity contribution in [3.05, 3.63) is 82.6 Å². The van der Waals surface area contributed by atoms with Crippen LogP contribution in [0.3, 0.4) is 0 Å². The molecule has 1 aliphatic rings. The van der Waals surface area contributed by atoms with Gasteiger partial charge >= 0.3 is 0 Å².